The van der Waals surface area contributed by atoms with Gasteiger partial charge in [0.05, 0.1) is 31.0 Å². The molecule has 2 aromatic carbocycles. The third-order valence-corrected chi connectivity index (χ3v) is 6.51. The molecule has 2 aliphatic heterocycles. The van der Waals surface area contributed by atoms with Crippen molar-refractivity contribution >= 4 is 28.1 Å². The van der Waals surface area contributed by atoms with Crippen molar-refractivity contribution in [2.24, 2.45) is 5.41 Å². The number of rotatable bonds is 8. The number of benzene rings is 2. The van der Waals surface area contributed by atoms with Crippen molar-refractivity contribution in [1.82, 2.24) is 14.9 Å². The molecule has 2 aliphatic rings. The van der Waals surface area contributed by atoms with Gasteiger partial charge in [-0.15, -0.1) is 6.42 Å². The second kappa shape index (κ2) is 9.26. The molecule has 0 amide bonds. The molecule has 0 saturated carbocycles. The van der Waals surface area contributed by atoms with E-state index in [9.17, 15) is 0 Å². The smallest absolute Gasteiger partial charge is 0.143 e. The predicted octanol–water partition coefficient (Wildman–Crippen LogP) is 3.89. The average Bonchev–Trinajstić information content (AvgIpc) is 3.27. The van der Waals surface area contributed by atoms with Crippen LogP contribution < -0.4 is 15.4 Å². The van der Waals surface area contributed by atoms with Gasteiger partial charge in [-0.3, -0.25) is 0 Å². The van der Waals surface area contributed by atoms with Crippen molar-refractivity contribution in [2.75, 3.05) is 57.1 Å². The lowest BCUT2D eigenvalue weighted by atomic mass is 9.85. The van der Waals surface area contributed by atoms with Gasteiger partial charge < -0.3 is 25.0 Å². The highest BCUT2D eigenvalue weighted by molar-refractivity contribution is 5.94. The molecule has 7 heteroatoms. The van der Waals surface area contributed by atoms with Crippen LogP contribution in [-0.4, -0.2) is 61.4 Å². The molecule has 0 bridgehead atoms. The van der Waals surface area contributed by atoms with E-state index >= 15 is 0 Å². The molecule has 3 heterocycles. The van der Waals surface area contributed by atoms with Gasteiger partial charge in [-0.1, -0.05) is 12.0 Å². The molecule has 2 fully saturated rings. The van der Waals surface area contributed by atoms with Crippen molar-refractivity contribution in [3.63, 3.8) is 0 Å². The van der Waals surface area contributed by atoms with E-state index in [0.717, 1.165) is 72.9 Å². The van der Waals surface area contributed by atoms with Crippen LogP contribution in [0.3, 0.4) is 0 Å². The molecular weight excluding hydrogens is 414 g/mol. The second-order valence-corrected chi connectivity index (χ2v) is 8.91. The topological polar surface area (TPSA) is 71.5 Å². The normalized spacial score (nSPS) is 17.0. The highest BCUT2D eigenvalue weighted by atomic mass is 16.5. The van der Waals surface area contributed by atoms with Crippen LogP contribution in [0.5, 0.6) is 5.75 Å². The van der Waals surface area contributed by atoms with Gasteiger partial charge in [0, 0.05) is 42.2 Å². The zero-order valence-electron chi connectivity index (χ0n) is 18.9. The fourth-order valence-corrected chi connectivity index (χ4v) is 4.64. The Morgan fingerprint density at radius 3 is 2.91 bits per heavy atom. The summed E-state index contributed by atoms with van der Waals surface area (Å²) in [5, 5.41) is 7.49. The molecule has 3 aromatic rings. The van der Waals surface area contributed by atoms with Crippen molar-refractivity contribution in [3.8, 4) is 18.1 Å². The maximum atomic E-state index is 6.21. The molecule has 2 N–H and O–H groups in total. The van der Waals surface area contributed by atoms with Crippen LogP contribution in [0.4, 0.5) is 17.2 Å². The molecule has 7 nitrogen and oxygen atoms in total. The molecule has 2 saturated heterocycles. The van der Waals surface area contributed by atoms with Crippen LogP contribution in [0, 0.1) is 17.8 Å². The quantitative estimate of drug-likeness (QED) is 0.404. The van der Waals surface area contributed by atoms with Gasteiger partial charge in [0.15, 0.2) is 0 Å². The Bertz CT molecular complexity index is 1190. The van der Waals surface area contributed by atoms with E-state index in [1.807, 2.05) is 43.4 Å². The van der Waals surface area contributed by atoms with Gasteiger partial charge in [-0.2, -0.15) is 0 Å². The first kappa shape index (κ1) is 21.5. The molecule has 33 heavy (non-hydrogen) atoms. The van der Waals surface area contributed by atoms with Gasteiger partial charge in [-0.25, -0.2) is 9.97 Å². The van der Waals surface area contributed by atoms with Crippen LogP contribution in [0.15, 0.2) is 42.7 Å². The van der Waals surface area contributed by atoms with Crippen LogP contribution >= 0.6 is 0 Å². The number of likely N-dealkylation sites (tertiary alicyclic amines) is 1. The fraction of sp³-hybridized carbons (Fsp3) is 0.385. The summed E-state index contributed by atoms with van der Waals surface area (Å²) >= 11 is 0. The summed E-state index contributed by atoms with van der Waals surface area (Å²) in [6.45, 7) is 5.86. The molecule has 1 spiro atoms. The Kier molecular flexibility index (Phi) is 6.03. The number of terminal acetylenes is 1. The molecule has 0 radical (unpaired) electrons. The van der Waals surface area contributed by atoms with Gasteiger partial charge in [0.1, 0.15) is 17.9 Å². The van der Waals surface area contributed by atoms with E-state index in [4.69, 9.17) is 15.9 Å². The highest BCUT2D eigenvalue weighted by Gasteiger charge is 2.43. The highest BCUT2D eigenvalue weighted by Crippen LogP contribution is 2.37. The number of anilines is 3. The average molecular weight is 444 g/mol. The number of hydrogen-bond acceptors (Lipinski definition) is 7. The summed E-state index contributed by atoms with van der Waals surface area (Å²) in [6.07, 6.45) is 9.33. The SMILES string of the molecule is C#Cc1cccc(Nc2ncnc3cc(NC)c(OCCCN4CCC5(COC5)C4)cc23)c1. The van der Waals surface area contributed by atoms with Crippen molar-refractivity contribution in [2.45, 2.75) is 12.8 Å². The van der Waals surface area contributed by atoms with Gasteiger partial charge in [-0.05, 0) is 49.7 Å². The van der Waals surface area contributed by atoms with E-state index in [0.29, 0.717) is 17.8 Å². The Balaban J connectivity index is 1.28. The minimum atomic E-state index is 0.432. The molecule has 170 valence electrons. The number of nitrogens with zero attached hydrogens (tertiary/aromatic N) is 3. The van der Waals surface area contributed by atoms with Crippen molar-refractivity contribution < 1.29 is 9.47 Å². The van der Waals surface area contributed by atoms with E-state index in [1.54, 1.807) is 6.33 Å². The van der Waals surface area contributed by atoms with Gasteiger partial charge >= 0.3 is 0 Å². The van der Waals surface area contributed by atoms with Gasteiger partial charge in [0.25, 0.3) is 0 Å². The Morgan fingerprint density at radius 1 is 1.24 bits per heavy atom. The first-order valence-electron chi connectivity index (χ1n) is 11.4. The second-order valence-electron chi connectivity index (χ2n) is 8.91. The number of nitrogens with one attached hydrogen (secondary N) is 2. The minimum Gasteiger partial charge on any atom is -0.491 e. The lowest BCUT2D eigenvalue weighted by Gasteiger charge is -2.37. The van der Waals surface area contributed by atoms with E-state index < -0.39 is 0 Å². The summed E-state index contributed by atoms with van der Waals surface area (Å²) in [5.74, 6) is 4.18. The zero-order chi connectivity index (χ0) is 22.7. The van der Waals surface area contributed by atoms with Crippen LogP contribution in [0.1, 0.15) is 18.4 Å². The van der Waals surface area contributed by atoms with Crippen LogP contribution in [0.25, 0.3) is 10.9 Å². The van der Waals surface area contributed by atoms with Gasteiger partial charge in [0.2, 0.25) is 0 Å². The monoisotopic (exact) mass is 443 g/mol. The Hall–Kier alpha value is -3.34. The lowest BCUT2D eigenvalue weighted by Crippen LogP contribution is -2.44. The molecule has 1 aromatic heterocycles. The first-order valence-corrected chi connectivity index (χ1v) is 11.4. The number of aromatic nitrogens is 2. The van der Waals surface area contributed by atoms with E-state index in [-0.39, 0.29) is 0 Å². The summed E-state index contributed by atoms with van der Waals surface area (Å²) < 4.78 is 11.6. The van der Waals surface area contributed by atoms with E-state index in [2.05, 4.69) is 31.4 Å². The zero-order valence-corrected chi connectivity index (χ0v) is 18.9. The summed E-state index contributed by atoms with van der Waals surface area (Å²) in [5.41, 5.74) is 3.87. The third kappa shape index (κ3) is 4.58. The van der Waals surface area contributed by atoms with Crippen molar-refractivity contribution in [1.29, 1.82) is 0 Å². The molecule has 0 atom stereocenters. The summed E-state index contributed by atoms with van der Waals surface area (Å²) in [6, 6.07) is 11.7. The number of fused-ring (bicyclic) bond motifs is 1. The Labute approximate surface area is 194 Å². The number of ether oxygens (including phenoxy) is 2. The largest absolute Gasteiger partial charge is 0.491 e. The summed E-state index contributed by atoms with van der Waals surface area (Å²) in [7, 11) is 1.89. The van der Waals surface area contributed by atoms with E-state index in [1.165, 1.54) is 6.42 Å². The molecule has 0 unspecified atom stereocenters. The molecular formula is C26H29N5O2. The van der Waals surface area contributed by atoms with Crippen molar-refractivity contribution in [3.05, 3.63) is 48.3 Å². The lowest BCUT2D eigenvalue weighted by molar-refractivity contribution is -0.105. The summed E-state index contributed by atoms with van der Waals surface area (Å²) in [4.78, 5) is 11.4. The third-order valence-electron chi connectivity index (χ3n) is 6.51. The standard InChI is InChI=1S/C26H29N5O2/c1-3-19-6-4-7-20(12-19)30-25-21-13-24(23(27-2)14-22(21)28-18-29-25)33-11-5-9-31-10-8-26(15-31)16-32-17-26/h1,4,6-7,12-14,18,27H,5,8-11,15-17H2,2H3,(H,28,29,30). The Morgan fingerprint density at radius 2 is 2.15 bits per heavy atom. The van der Waals surface area contributed by atoms with Crippen LogP contribution in [0.2, 0.25) is 0 Å². The maximum Gasteiger partial charge on any atom is 0.143 e. The first-order chi connectivity index (χ1) is 16.2. The fourth-order valence-electron chi connectivity index (χ4n) is 4.64. The maximum absolute atomic E-state index is 6.21. The molecule has 5 rings (SSSR count). The predicted molar refractivity (Wildman–Crippen MR) is 131 cm³/mol. The van der Waals surface area contributed by atoms with Crippen LogP contribution in [-0.2, 0) is 4.74 Å². The molecule has 0 aliphatic carbocycles. The number of hydrogen-bond donors (Lipinski definition) is 2. The minimum absolute atomic E-state index is 0.432.